The molecular weight excluding hydrogens is 388 g/mol. The molecule has 6 nitrogen and oxygen atoms in total. The maximum Gasteiger partial charge on any atom is 0.240 e. The fourth-order valence-electron chi connectivity index (χ4n) is 2.79. The molecule has 0 bridgehead atoms. The Labute approximate surface area is 173 Å². The number of amides is 1. The number of rotatable bonds is 13. The minimum Gasteiger partial charge on any atom is -0.382 e. The summed E-state index contributed by atoms with van der Waals surface area (Å²) in [4.78, 5) is 12.1. The molecule has 0 aromatic heterocycles. The third-order valence-electron chi connectivity index (χ3n) is 4.41. The first kappa shape index (κ1) is 23.1. The number of aryl methyl sites for hydroxylation is 1. The molecule has 0 aliphatic rings. The Balaban J connectivity index is 1.74. The van der Waals surface area contributed by atoms with E-state index in [9.17, 15) is 13.2 Å². The molecule has 2 rings (SSSR count). The van der Waals surface area contributed by atoms with Crippen molar-refractivity contribution in [2.75, 3.05) is 26.3 Å². The largest absolute Gasteiger partial charge is 0.382 e. The van der Waals surface area contributed by atoms with Crippen LogP contribution in [0.2, 0.25) is 0 Å². The second kappa shape index (κ2) is 12.4. The molecule has 29 heavy (non-hydrogen) atoms. The Morgan fingerprint density at radius 2 is 1.62 bits per heavy atom. The molecule has 0 fully saturated rings. The Kier molecular flexibility index (Phi) is 9.83. The smallest absolute Gasteiger partial charge is 0.240 e. The Hall–Kier alpha value is -2.22. The summed E-state index contributed by atoms with van der Waals surface area (Å²) < 4.78 is 32.7. The number of nitrogens with one attached hydrogen (secondary N) is 2. The van der Waals surface area contributed by atoms with E-state index in [1.54, 1.807) is 24.3 Å². The van der Waals surface area contributed by atoms with E-state index in [0.717, 1.165) is 17.5 Å². The van der Waals surface area contributed by atoms with Crippen LogP contribution >= 0.6 is 0 Å². The van der Waals surface area contributed by atoms with E-state index >= 15 is 0 Å². The molecule has 0 aliphatic carbocycles. The van der Waals surface area contributed by atoms with Crippen molar-refractivity contribution in [3.63, 3.8) is 0 Å². The van der Waals surface area contributed by atoms with Crippen LogP contribution in [-0.4, -0.2) is 40.6 Å². The molecule has 0 unspecified atom stereocenters. The maximum atomic E-state index is 12.4. The lowest BCUT2D eigenvalue weighted by Crippen LogP contribution is -2.26. The first-order valence-electron chi connectivity index (χ1n) is 9.98. The van der Waals surface area contributed by atoms with Gasteiger partial charge in [0.2, 0.25) is 15.9 Å². The molecule has 0 saturated carbocycles. The van der Waals surface area contributed by atoms with Gasteiger partial charge in [0.05, 0.1) is 4.90 Å². The number of benzene rings is 2. The fourth-order valence-corrected chi connectivity index (χ4v) is 3.82. The molecule has 0 atom stereocenters. The van der Waals surface area contributed by atoms with Crippen molar-refractivity contribution in [1.29, 1.82) is 0 Å². The van der Waals surface area contributed by atoms with E-state index in [-0.39, 0.29) is 10.8 Å². The van der Waals surface area contributed by atoms with Gasteiger partial charge >= 0.3 is 0 Å². The first-order chi connectivity index (χ1) is 14.0. The van der Waals surface area contributed by atoms with Crippen LogP contribution < -0.4 is 10.0 Å². The van der Waals surface area contributed by atoms with Crippen molar-refractivity contribution >= 4 is 15.9 Å². The summed E-state index contributed by atoms with van der Waals surface area (Å²) in [6, 6.07) is 16.4. The second-order valence-corrected chi connectivity index (χ2v) is 8.44. The summed E-state index contributed by atoms with van der Waals surface area (Å²) in [6.45, 7) is 4.21. The number of hydrogen-bond donors (Lipinski definition) is 2. The summed E-state index contributed by atoms with van der Waals surface area (Å²) in [5, 5.41) is 2.86. The predicted octanol–water partition coefficient (Wildman–Crippen LogP) is 2.68. The highest BCUT2D eigenvalue weighted by atomic mass is 32.2. The van der Waals surface area contributed by atoms with Crippen molar-refractivity contribution in [2.24, 2.45) is 0 Å². The summed E-state index contributed by atoms with van der Waals surface area (Å²) in [5.74, 6) is -0.0132. The zero-order valence-electron chi connectivity index (χ0n) is 16.9. The number of hydrogen-bond acceptors (Lipinski definition) is 4. The van der Waals surface area contributed by atoms with Crippen molar-refractivity contribution in [3.8, 4) is 0 Å². The Morgan fingerprint density at radius 3 is 2.31 bits per heavy atom. The molecule has 0 spiro atoms. The van der Waals surface area contributed by atoms with E-state index < -0.39 is 10.0 Å². The predicted molar refractivity (Wildman–Crippen MR) is 114 cm³/mol. The average molecular weight is 419 g/mol. The van der Waals surface area contributed by atoms with Crippen LogP contribution in [0.5, 0.6) is 0 Å². The zero-order chi connectivity index (χ0) is 21.0. The molecular formula is C22H30N2O4S. The van der Waals surface area contributed by atoms with Gasteiger partial charge in [-0.2, -0.15) is 0 Å². The van der Waals surface area contributed by atoms with Gasteiger partial charge in [0.25, 0.3) is 0 Å². The van der Waals surface area contributed by atoms with Crippen molar-refractivity contribution in [3.05, 3.63) is 65.7 Å². The topological polar surface area (TPSA) is 84.5 Å². The molecule has 158 valence electrons. The molecule has 2 aromatic rings. The molecule has 2 N–H and O–H groups in total. The molecule has 0 aliphatic heterocycles. The summed E-state index contributed by atoms with van der Waals surface area (Å²) in [7, 11) is -3.54. The number of sulfonamides is 1. The standard InChI is InChI=1S/C22H30N2O4S/c1-2-28-18-6-16-23-22(25)14-11-20-9-12-21(13-10-20)29(26,27)24-17-15-19-7-4-3-5-8-19/h3-5,7-10,12-13,24H,2,6,11,14-18H2,1H3,(H,23,25). The van der Waals surface area contributed by atoms with Gasteiger partial charge in [-0.15, -0.1) is 0 Å². The van der Waals surface area contributed by atoms with Gasteiger partial charge in [0.15, 0.2) is 0 Å². The molecule has 0 radical (unpaired) electrons. The molecule has 1 amide bonds. The summed E-state index contributed by atoms with van der Waals surface area (Å²) in [6.07, 6.45) is 2.37. The number of ether oxygens (including phenoxy) is 1. The van der Waals surface area contributed by atoms with Gasteiger partial charge < -0.3 is 10.1 Å². The van der Waals surface area contributed by atoms with Gasteiger partial charge in [-0.3, -0.25) is 4.79 Å². The maximum absolute atomic E-state index is 12.4. The first-order valence-corrected chi connectivity index (χ1v) is 11.5. The van der Waals surface area contributed by atoms with E-state index in [2.05, 4.69) is 10.0 Å². The van der Waals surface area contributed by atoms with Crippen LogP contribution in [0.1, 0.15) is 30.9 Å². The molecule has 0 saturated heterocycles. The number of carbonyl (C=O) groups is 1. The van der Waals surface area contributed by atoms with Gasteiger partial charge in [-0.1, -0.05) is 42.5 Å². The van der Waals surface area contributed by atoms with Gasteiger partial charge in [-0.25, -0.2) is 13.1 Å². The highest BCUT2D eigenvalue weighted by Crippen LogP contribution is 2.12. The molecule has 0 heterocycles. The van der Waals surface area contributed by atoms with Crippen LogP contribution in [0.3, 0.4) is 0 Å². The third-order valence-corrected chi connectivity index (χ3v) is 5.89. The number of carbonyl (C=O) groups excluding carboxylic acids is 1. The third kappa shape index (κ3) is 8.77. The minimum atomic E-state index is -3.54. The van der Waals surface area contributed by atoms with Crippen molar-refractivity contribution in [2.45, 2.75) is 37.5 Å². The van der Waals surface area contributed by atoms with E-state index in [4.69, 9.17) is 4.74 Å². The highest BCUT2D eigenvalue weighted by Gasteiger charge is 2.13. The normalized spacial score (nSPS) is 11.3. The van der Waals surface area contributed by atoms with Crippen LogP contribution in [0.4, 0.5) is 0 Å². The van der Waals surface area contributed by atoms with E-state index in [1.807, 2.05) is 37.3 Å². The Bertz CT molecular complexity index is 837. The Morgan fingerprint density at radius 1 is 0.931 bits per heavy atom. The lowest BCUT2D eigenvalue weighted by atomic mass is 10.1. The van der Waals surface area contributed by atoms with Gasteiger partial charge in [0, 0.05) is 32.7 Å². The fraction of sp³-hybridized carbons (Fsp3) is 0.409. The SMILES string of the molecule is CCOCCCNC(=O)CCc1ccc(S(=O)(=O)NCCc2ccccc2)cc1. The van der Waals surface area contributed by atoms with Crippen LogP contribution in [0.25, 0.3) is 0 Å². The van der Waals surface area contributed by atoms with Gasteiger partial charge in [-0.05, 0) is 49.4 Å². The molecule has 2 aromatic carbocycles. The quantitative estimate of drug-likeness (QED) is 0.490. The van der Waals surface area contributed by atoms with Gasteiger partial charge in [0.1, 0.15) is 0 Å². The summed E-state index contributed by atoms with van der Waals surface area (Å²) >= 11 is 0. The van der Waals surface area contributed by atoms with Crippen LogP contribution in [0, 0.1) is 0 Å². The van der Waals surface area contributed by atoms with Crippen molar-refractivity contribution < 1.29 is 17.9 Å². The monoisotopic (exact) mass is 418 g/mol. The lowest BCUT2D eigenvalue weighted by molar-refractivity contribution is -0.121. The summed E-state index contributed by atoms with van der Waals surface area (Å²) in [5.41, 5.74) is 2.01. The average Bonchev–Trinajstić information content (AvgIpc) is 2.73. The van der Waals surface area contributed by atoms with Crippen LogP contribution in [0.15, 0.2) is 59.5 Å². The lowest BCUT2D eigenvalue weighted by Gasteiger charge is -2.08. The zero-order valence-corrected chi connectivity index (χ0v) is 17.7. The van der Waals surface area contributed by atoms with Crippen LogP contribution in [-0.2, 0) is 32.4 Å². The van der Waals surface area contributed by atoms with E-state index in [1.165, 1.54) is 0 Å². The minimum absolute atomic E-state index is 0.0132. The second-order valence-electron chi connectivity index (χ2n) is 6.68. The highest BCUT2D eigenvalue weighted by molar-refractivity contribution is 7.89. The molecule has 7 heteroatoms. The van der Waals surface area contributed by atoms with Crippen molar-refractivity contribution in [1.82, 2.24) is 10.0 Å². The van der Waals surface area contributed by atoms with E-state index in [0.29, 0.717) is 45.6 Å².